The van der Waals surface area contributed by atoms with Crippen molar-refractivity contribution in [1.82, 2.24) is 29.7 Å². The molecule has 3 unspecified atom stereocenters. The van der Waals surface area contributed by atoms with Gasteiger partial charge in [0.2, 0.25) is 17.7 Å². The Kier molecular flexibility index (Phi) is 9.79. The highest BCUT2D eigenvalue weighted by atomic mass is 16.5. The van der Waals surface area contributed by atoms with Crippen LogP contribution < -0.4 is 0 Å². The van der Waals surface area contributed by atoms with Gasteiger partial charge in [0.05, 0.1) is 23.0 Å². The van der Waals surface area contributed by atoms with E-state index in [9.17, 15) is 19.5 Å². The van der Waals surface area contributed by atoms with Crippen LogP contribution in [0.2, 0.25) is 0 Å². The largest absolute Gasteiger partial charge is 0.396 e. The number of amides is 3. The summed E-state index contributed by atoms with van der Waals surface area (Å²) in [6, 6.07) is 6.67. The molecule has 0 saturated carbocycles. The second-order valence-electron chi connectivity index (χ2n) is 13.0. The van der Waals surface area contributed by atoms with E-state index in [-0.39, 0.29) is 43.5 Å². The second kappa shape index (κ2) is 13.4. The van der Waals surface area contributed by atoms with E-state index in [2.05, 4.69) is 30.4 Å². The summed E-state index contributed by atoms with van der Waals surface area (Å²) in [4.78, 5) is 48.9. The lowest BCUT2D eigenvalue weighted by atomic mass is 9.62. The molecule has 5 rings (SSSR count). The van der Waals surface area contributed by atoms with Crippen LogP contribution >= 0.6 is 0 Å². The normalized spacial score (nSPS) is 28.4. The highest BCUT2D eigenvalue weighted by Crippen LogP contribution is 2.65. The maximum Gasteiger partial charge on any atom is 0.250 e. The number of likely N-dealkylation sites (tertiary alicyclic amines) is 1. The molecule has 1 N–H and O–H groups in total. The van der Waals surface area contributed by atoms with Gasteiger partial charge in [-0.25, -0.2) is 4.68 Å². The number of hydrogen-bond acceptors (Lipinski definition) is 7. The summed E-state index contributed by atoms with van der Waals surface area (Å²) in [5.74, 6) is -2.07. The third kappa shape index (κ3) is 5.58. The van der Waals surface area contributed by atoms with E-state index in [4.69, 9.17) is 4.74 Å². The Morgan fingerprint density at radius 3 is 2.53 bits per heavy atom. The van der Waals surface area contributed by atoms with E-state index in [1.165, 1.54) is 0 Å². The number of rotatable bonds is 16. The average molecular weight is 621 g/mol. The number of aliphatic hydroxyl groups excluding tert-OH is 1. The van der Waals surface area contributed by atoms with Crippen LogP contribution in [-0.4, -0.2) is 103 Å². The number of carbonyl (C=O) groups is 3. The van der Waals surface area contributed by atoms with Crippen molar-refractivity contribution < 1.29 is 24.2 Å². The highest BCUT2D eigenvalue weighted by Gasteiger charge is 2.80. The van der Waals surface area contributed by atoms with Gasteiger partial charge in [-0.2, -0.15) is 0 Å². The first kappa shape index (κ1) is 32.8. The van der Waals surface area contributed by atoms with E-state index in [0.717, 1.165) is 30.3 Å². The molecular formula is C34H48N6O5. The minimum absolute atomic E-state index is 0.0466. The molecule has 1 aromatic heterocycles. The molecule has 3 aliphatic rings. The molecule has 11 heteroatoms. The molecule has 3 amide bonds. The van der Waals surface area contributed by atoms with Gasteiger partial charge in [0.25, 0.3) is 0 Å². The number of carbonyl (C=O) groups excluding carboxylic acids is 3. The standard InChI is InChI=1S/C34H48N6O5/c1-6-17-37(18-7-2)30(42)27-28-31(43)39(20-13-9-10-14-21-41)29(34(28)22-24(4)33(27,5)45-34)32(44)38(19-8-3)23-40-26-16-12-11-15-25(26)35-36-40/h6,8,11-12,15-16,24,27-29,41H,1,3,7,9-10,13-14,17-23H2,2,4-5H3/t24?,27-,28+,29?,33+,34?/m1/s1. The Hall–Kier alpha value is -3.57. The molecule has 1 aromatic carbocycles. The zero-order valence-electron chi connectivity index (χ0n) is 26.9. The average Bonchev–Trinajstić information content (AvgIpc) is 3.69. The number of para-hydroxylation sites is 1. The van der Waals surface area contributed by atoms with Crippen LogP contribution in [0.1, 0.15) is 59.3 Å². The van der Waals surface area contributed by atoms with E-state index < -0.39 is 29.1 Å². The molecule has 3 fully saturated rings. The van der Waals surface area contributed by atoms with Crippen LogP contribution in [0.25, 0.3) is 11.0 Å². The van der Waals surface area contributed by atoms with Gasteiger partial charge in [-0.3, -0.25) is 14.4 Å². The first-order valence-electron chi connectivity index (χ1n) is 16.4. The smallest absolute Gasteiger partial charge is 0.250 e. The molecule has 0 aliphatic carbocycles. The molecule has 0 radical (unpaired) electrons. The lowest BCUT2D eigenvalue weighted by Crippen LogP contribution is -2.57. The first-order chi connectivity index (χ1) is 21.7. The highest BCUT2D eigenvalue weighted by molar-refractivity contribution is 5.99. The number of nitrogens with zero attached hydrogens (tertiary/aromatic N) is 6. The monoisotopic (exact) mass is 620 g/mol. The molecule has 244 valence electrons. The zero-order valence-corrected chi connectivity index (χ0v) is 26.9. The molecule has 3 saturated heterocycles. The lowest BCUT2D eigenvalue weighted by molar-refractivity contribution is -0.155. The molecule has 3 aliphatic heterocycles. The molecule has 11 nitrogen and oxygen atoms in total. The van der Waals surface area contributed by atoms with E-state index >= 15 is 0 Å². The summed E-state index contributed by atoms with van der Waals surface area (Å²) < 4.78 is 8.64. The zero-order chi connectivity index (χ0) is 32.4. The van der Waals surface area contributed by atoms with Crippen molar-refractivity contribution in [1.29, 1.82) is 0 Å². The summed E-state index contributed by atoms with van der Waals surface area (Å²) in [7, 11) is 0. The number of unbranched alkanes of at least 4 members (excludes halogenated alkanes) is 3. The number of hydrogen-bond donors (Lipinski definition) is 1. The lowest BCUT2D eigenvalue weighted by Gasteiger charge is -2.39. The second-order valence-corrected chi connectivity index (χ2v) is 13.0. The van der Waals surface area contributed by atoms with E-state index in [0.29, 0.717) is 38.9 Å². The third-order valence-electron chi connectivity index (χ3n) is 10.2. The number of benzene rings is 1. The van der Waals surface area contributed by atoms with Crippen LogP contribution in [0.3, 0.4) is 0 Å². The Morgan fingerprint density at radius 2 is 1.82 bits per heavy atom. The molecule has 1 spiro atoms. The quantitative estimate of drug-likeness (QED) is 0.226. The Bertz CT molecular complexity index is 1430. The summed E-state index contributed by atoms with van der Waals surface area (Å²) in [6.07, 6.45) is 7.67. The molecule has 2 aromatic rings. The summed E-state index contributed by atoms with van der Waals surface area (Å²) in [5.41, 5.74) is -0.507. The van der Waals surface area contributed by atoms with Crippen molar-refractivity contribution in [3.63, 3.8) is 0 Å². The van der Waals surface area contributed by atoms with Crippen LogP contribution in [0.15, 0.2) is 49.6 Å². The fourth-order valence-corrected chi connectivity index (χ4v) is 8.03. The number of aromatic nitrogens is 3. The molecule has 45 heavy (non-hydrogen) atoms. The molecule has 6 atom stereocenters. The van der Waals surface area contributed by atoms with Crippen LogP contribution in [0, 0.1) is 17.8 Å². The minimum atomic E-state index is -1.14. The maximum atomic E-state index is 14.8. The molecule has 2 bridgehead atoms. The van der Waals surface area contributed by atoms with Gasteiger partial charge < -0.3 is 24.5 Å². The van der Waals surface area contributed by atoms with E-state index in [1.54, 1.807) is 31.5 Å². The van der Waals surface area contributed by atoms with Crippen LogP contribution in [-0.2, 0) is 25.8 Å². The van der Waals surface area contributed by atoms with Gasteiger partial charge in [0, 0.05) is 32.8 Å². The van der Waals surface area contributed by atoms with Crippen molar-refractivity contribution in [2.75, 3.05) is 32.8 Å². The topological polar surface area (TPSA) is 121 Å². The summed E-state index contributed by atoms with van der Waals surface area (Å²) in [5, 5.41) is 17.8. The fraction of sp³-hybridized carbons (Fsp3) is 0.618. The van der Waals surface area contributed by atoms with Crippen molar-refractivity contribution in [2.24, 2.45) is 17.8 Å². The van der Waals surface area contributed by atoms with Gasteiger partial charge in [-0.15, -0.1) is 18.3 Å². The van der Waals surface area contributed by atoms with Gasteiger partial charge in [0.15, 0.2) is 0 Å². The number of fused-ring (bicyclic) bond motifs is 2. The summed E-state index contributed by atoms with van der Waals surface area (Å²) >= 11 is 0. The third-order valence-corrected chi connectivity index (χ3v) is 10.2. The van der Waals surface area contributed by atoms with Gasteiger partial charge >= 0.3 is 0 Å². The molecular weight excluding hydrogens is 572 g/mol. The maximum absolute atomic E-state index is 14.8. The molecule has 4 heterocycles. The SMILES string of the molecule is C=CCN(Cn1nnc2ccccc21)C(=O)C1N(CCCCCCO)C(=O)[C@@H]2[C@H](C(=O)N(CC=C)CCC)[C@@]3(C)OC12CC3C. The van der Waals surface area contributed by atoms with Gasteiger partial charge in [0.1, 0.15) is 23.8 Å². The number of aliphatic hydroxyl groups is 1. The summed E-state index contributed by atoms with van der Waals surface area (Å²) in [6.45, 7) is 15.6. The van der Waals surface area contributed by atoms with Crippen molar-refractivity contribution in [3.8, 4) is 0 Å². The predicted molar refractivity (Wildman–Crippen MR) is 171 cm³/mol. The van der Waals surface area contributed by atoms with Gasteiger partial charge in [-0.1, -0.05) is 56.2 Å². The van der Waals surface area contributed by atoms with Crippen molar-refractivity contribution in [3.05, 3.63) is 49.6 Å². The fourth-order valence-electron chi connectivity index (χ4n) is 8.03. The van der Waals surface area contributed by atoms with Crippen molar-refractivity contribution in [2.45, 2.75) is 83.2 Å². The Labute approximate surface area is 265 Å². The predicted octanol–water partition coefficient (Wildman–Crippen LogP) is 3.39. The number of ether oxygens (including phenoxy) is 1. The first-order valence-corrected chi connectivity index (χ1v) is 16.4. The van der Waals surface area contributed by atoms with Crippen LogP contribution in [0.5, 0.6) is 0 Å². The Balaban J connectivity index is 1.54. The van der Waals surface area contributed by atoms with Crippen LogP contribution in [0.4, 0.5) is 0 Å². The van der Waals surface area contributed by atoms with Crippen molar-refractivity contribution >= 4 is 28.8 Å². The Morgan fingerprint density at radius 1 is 1.11 bits per heavy atom. The van der Waals surface area contributed by atoms with Gasteiger partial charge in [-0.05, 0) is 50.7 Å². The minimum Gasteiger partial charge on any atom is -0.396 e. The van der Waals surface area contributed by atoms with E-state index in [1.807, 2.05) is 38.1 Å².